The van der Waals surface area contributed by atoms with Gasteiger partial charge in [0.25, 0.3) is 0 Å². The van der Waals surface area contributed by atoms with E-state index in [1.165, 1.54) is 24.5 Å². The minimum Gasteiger partial charge on any atom is -0.339 e. The molecule has 1 aliphatic carbocycles. The molecule has 0 bridgehead atoms. The molecular formula is C23H26FN5O. The van der Waals surface area contributed by atoms with Crippen LogP contribution in [-0.2, 0) is 17.9 Å². The van der Waals surface area contributed by atoms with E-state index in [9.17, 15) is 9.18 Å². The maximum absolute atomic E-state index is 13.4. The number of aryl methyl sites for hydroxylation is 1. The standard InChI is InChI=1S/C23H26FN5O/c1-16-22-20(18-5-6-18)7-8-25-23(22)29(26-16)15-21(30)28-11-9-27(10-12-28)14-17-3-2-4-19(24)13-17/h2-4,7-8,13,18H,5-6,9-12,14-15H2,1H3. The number of halogens is 1. The number of carbonyl (C=O) groups excluding carboxylic acids is 1. The first-order valence-electron chi connectivity index (χ1n) is 10.6. The lowest BCUT2D eigenvalue weighted by Gasteiger charge is -2.34. The van der Waals surface area contributed by atoms with E-state index < -0.39 is 0 Å². The summed E-state index contributed by atoms with van der Waals surface area (Å²) in [6, 6.07) is 8.81. The highest BCUT2D eigenvalue weighted by Crippen LogP contribution is 2.43. The Hall–Kier alpha value is -2.80. The summed E-state index contributed by atoms with van der Waals surface area (Å²) in [5.74, 6) is 0.485. The lowest BCUT2D eigenvalue weighted by molar-refractivity contribution is -0.133. The lowest BCUT2D eigenvalue weighted by Crippen LogP contribution is -2.49. The van der Waals surface area contributed by atoms with Crippen molar-refractivity contribution in [3.63, 3.8) is 0 Å². The Morgan fingerprint density at radius 3 is 2.70 bits per heavy atom. The van der Waals surface area contributed by atoms with Gasteiger partial charge in [-0.2, -0.15) is 5.10 Å². The normalized spacial score (nSPS) is 17.6. The smallest absolute Gasteiger partial charge is 0.244 e. The fourth-order valence-electron chi connectivity index (χ4n) is 4.43. The molecule has 2 fully saturated rings. The summed E-state index contributed by atoms with van der Waals surface area (Å²) in [5.41, 5.74) is 4.05. The van der Waals surface area contributed by atoms with E-state index in [0.29, 0.717) is 25.6 Å². The van der Waals surface area contributed by atoms with E-state index in [1.807, 2.05) is 24.1 Å². The number of hydrogen-bond donors (Lipinski definition) is 0. The van der Waals surface area contributed by atoms with E-state index in [0.717, 1.165) is 35.4 Å². The zero-order valence-electron chi connectivity index (χ0n) is 17.2. The maximum atomic E-state index is 13.4. The van der Waals surface area contributed by atoms with Crippen LogP contribution in [0.1, 0.15) is 35.6 Å². The maximum Gasteiger partial charge on any atom is 0.244 e. The van der Waals surface area contributed by atoms with Crippen LogP contribution in [0.5, 0.6) is 0 Å². The Labute approximate surface area is 175 Å². The number of benzene rings is 1. The first-order valence-corrected chi connectivity index (χ1v) is 10.6. The SMILES string of the molecule is Cc1nn(CC(=O)N2CCN(Cc3cccc(F)c3)CC2)c2nccc(C3CC3)c12. The molecule has 1 amide bonds. The second kappa shape index (κ2) is 7.80. The Morgan fingerprint density at radius 2 is 1.97 bits per heavy atom. The summed E-state index contributed by atoms with van der Waals surface area (Å²) >= 11 is 0. The molecule has 156 valence electrons. The zero-order chi connectivity index (χ0) is 20.7. The lowest BCUT2D eigenvalue weighted by atomic mass is 10.1. The molecule has 2 aliphatic rings. The van der Waals surface area contributed by atoms with Crippen LogP contribution in [-0.4, -0.2) is 56.7 Å². The molecule has 1 saturated heterocycles. The van der Waals surface area contributed by atoms with E-state index in [4.69, 9.17) is 0 Å². The average molecular weight is 407 g/mol. The summed E-state index contributed by atoms with van der Waals surface area (Å²) in [4.78, 5) is 21.6. The molecule has 1 aromatic carbocycles. The van der Waals surface area contributed by atoms with Gasteiger partial charge >= 0.3 is 0 Å². The van der Waals surface area contributed by atoms with Crippen molar-refractivity contribution in [2.45, 2.75) is 38.8 Å². The first-order chi connectivity index (χ1) is 14.6. The molecule has 3 aromatic rings. The topological polar surface area (TPSA) is 54.3 Å². The number of aromatic nitrogens is 3. The Balaban J connectivity index is 1.23. The van der Waals surface area contributed by atoms with Gasteiger partial charge in [-0.05, 0) is 55.0 Å². The van der Waals surface area contributed by atoms with Gasteiger partial charge in [0.15, 0.2) is 5.65 Å². The van der Waals surface area contributed by atoms with Gasteiger partial charge in [0, 0.05) is 44.3 Å². The number of pyridine rings is 1. The van der Waals surface area contributed by atoms with Gasteiger partial charge in [-0.15, -0.1) is 0 Å². The third kappa shape index (κ3) is 3.81. The molecule has 0 spiro atoms. The highest BCUT2D eigenvalue weighted by Gasteiger charge is 2.28. The Morgan fingerprint density at radius 1 is 1.17 bits per heavy atom. The molecule has 7 heteroatoms. The average Bonchev–Trinajstić information content (AvgIpc) is 3.54. The minimum atomic E-state index is -0.207. The predicted molar refractivity (Wildman–Crippen MR) is 112 cm³/mol. The number of amides is 1. The molecule has 0 N–H and O–H groups in total. The van der Waals surface area contributed by atoms with Gasteiger partial charge in [-0.25, -0.2) is 14.1 Å². The largest absolute Gasteiger partial charge is 0.339 e. The summed E-state index contributed by atoms with van der Waals surface area (Å²) < 4.78 is 15.2. The quantitative estimate of drug-likeness (QED) is 0.652. The van der Waals surface area contributed by atoms with Crippen LogP contribution in [0.4, 0.5) is 4.39 Å². The summed E-state index contributed by atoms with van der Waals surface area (Å²) in [6.07, 6.45) is 4.29. The van der Waals surface area contributed by atoms with Crippen LogP contribution >= 0.6 is 0 Å². The summed E-state index contributed by atoms with van der Waals surface area (Å²) in [6.45, 7) is 5.84. The Kier molecular flexibility index (Phi) is 4.98. The molecule has 1 aliphatic heterocycles. The van der Waals surface area contributed by atoms with Crippen LogP contribution < -0.4 is 0 Å². The van der Waals surface area contributed by atoms with Gasteiger partial charge in [0.1, 0.15) is 12.4 Å². The second-order valence-corrected chi connectivity index (χ2v) is 8.40. The third-order valence-corrected chi connectivity index (χ3v) is 6.16. The Bertz CT molecular complexity index is 1080. The van der Waals surface area contributed by atoms with Gasteiger partial charge in [0.2, 0.25) is 5.91 Å². The number of piperazine rings is 1. The fraction of sp³-hybridized carbons (Fsp3) is 0.435. The van der Waals surface area contributed by atoms with Crippen LogP contribution in [0.2, 0.25) is 0 Å². The van der Waals surface area contributed by atoms with Crippen LogP contribution in [0, 0.1) is 12.7 Å². The molecule has 6 nitrogen and oxygen atoms in total. The van der Waals surface area contributed by atoms with E-state index >= 15 is 0 Å². The number of rotatable bonds is 5. The van der Waals surface area contributed by atoms with Gasteiger partial charge < -0.3 is 4.90 Å². The van der Waals surface area contributed by atoms with E-state index in [2.05, 4.69) is 21.0 Å². The highest BCUT2D eigenvalue weighted by molar-refractivity contribution is 5.85. The number of hydrogen-bond acceptors (Lipinski definition) is 4. The first kappa shape index (κ1) is 19.2. The zero-order valence-corrected chi connectivity index (χ0v) is 17.2. The number of nitrogens with zero attached hydrogens (tertiary/aromatic N) is 5. The van der Waals surface area contributed by atoms with Crippen molar-refractivity contribution < 1.29 is 9.18 Å². The van der Waals surface area contributed by atoms with Crippen molar-refractivity contribution in [1.82, 2.24) is 24.6 Å². The minimum absolute atomic E-state index is 0.0726. The predicted octanol–water partition coefficient (Wildman–Crippen LogP) is 3.10. The van der Waals surface area contributed by atoms with Crippen molar-refractivity contribution >= 4 is 16.9 Å². The van der Waals surface area contributed by atoms with E-state index in [-0.39, 0.29) is 18.3 Å². The van der Waals surface area contributed by atoms with Gasteiger partial charge in [-0.1, -0.05) is 12.1 Å². The van der Waals surface area contributed by atoms with Crippen molar-refractivity contribution in [1.29, 1.82) is 0 Å². The third-order valence-electron chi connectivity index (χ3n) is 6.16. The van der Waals surface area contributed by atoms with Crippen molar-refractivity contribution in [3.05, 3.63) is 59.2 Å². The molecule has 5 rings (SSSR count). The van der Waals surface area contributed by atoms with Crippen molar-refractivity contribution in [2.24, 2.45) is 0 Å². The van der Waals surface area contributed by atoms with Gasteiger partial charge in [-0.3, -0.25) is 9.69 Å². The number of carbonyl (C=O) groups is 1. The van der Waals surface area contributed by atoms with Gasteiger partial charge in [0.05, 0.1) is 5.69 Å². The summed E-state index contributed by atoms with van der Waals surface area (Å²) in [5, 5.41) is 5.75. The molecule has 2 aromatic heterocycles. The van der Waals surface area contributed by atoms with Crippen molar-refractivity contribution in [3.8, 4) is 0 Å². The molecule has 0 unspecified atom stereocenters. The molecule has 0 atom stereocenters. The molecule has 30 heavy (non-hydrogen) atoms. The summed E-state index contributed by atoms with van der Waals surface area (Å²) in [7, 11) is 0. The molecular weight excluding hydrogens is 381 g/mol. The van der Waals surface area contributed by atoms with Crippen LogP contribution in [0.15, 0.2) is 36.5 Å². The molecule has 3 heterocycles. The van der Waals surface area contributed by atoms with E-state index in [1.54, 1.807) is 16.8 Å². The fourth-order valence-corrected chi connectivity index (χ4v) is 4.43. The second-order valence-electron chi connectivity index (χ2n) is 8.40. The highest BCUT2D eigenvalue weighted by atomic mass is 19.1. The monoisotopic (exact) mass is 407 g/mol. The number of fused-ring (bicyclic) bond motifs is 1. The molecule has 1 saturated carbocycles. The van der Waals surface area contributed by atoms with Crippen LogP contribution in [0.3, 0.4) is 0 Å². The molecule has 0 radical (unpaired) electrons. The van der Waals surface area contributed by atoms with Crippen LogP contribution in [0.25, 0.3) is 11.0 Å². The van der Waals surface area contributed by atoms with Crippen molar-refractivity contribution in [2.75, 3.05) is 26.2 Å².